The summed E-state index contributed by atoms with van der Waals surface area (Å²) in [6, 6.07) is 10.6. The van der Waals surface area contributed by atoms with Crippen LogP contribution in [0.3, 0.4) is 0 Å². The predicted molar refractivity (Wildman–Crippen MR) is 97.8 cm³/mol. The number of rotatable bonds is 6. The predicted octanol–water partition coefficient (Wildman–Crippen LogP) is 2.58. The molecule has 3 heterocycles. The van der Waals surface area contributed by atoms with E-state index >= 15 is 0 Å². The summed E-state index contributed by atoms with van der Waals surface area (Å²) < 4.78 is 7.88. The van der Waals surface area contributed by atoms with Gasteiger partial charge >= 0.3 is 0 Å². The van der Waals surface area contributed by atoms with Crippen LogP contribution in [0.1, 0.15) is 29.7 Å². The zero-order valence-electron chi connectivity index (χ0n) is 14.5. The molecule has 1 aromatic carbocycles. The SMILES string of the molecule is CCCc1nnc2sc(C[C@H]3CN(Cc4ccccc4)CCO3)nn12. The first kappa shape index (κ1) is 16.6. The van der Waals surface area contributed by atoms with E-state index in [1.54, 1.807) is 11.3 Å². The van der Waals surface area contributed by atoms with E-state index in [0.29, 0.717) is 0 Å². The molecule has 1 aliphatic rings. The van der Waals surface area contributed by atoms with Crippen LogP contribution in [0, 0.1) is 0 Å². The van der Waals surface area contributed by atoms with Gasteiger partial charge < -0.3 is 4.74 Å². The number of hydrogen-bond donors (Lipinski definition) is 0. The topological polar surface area (TPSA) is 55.5 Å². The highest BCUT2D eigenvalue weighted by atomic mass is 32.1. The molecule has 1 fully saturated rings. The Hall–Kier alpha value is -1.83. The van der Waals surface area contributed by atoms with Gasteiger partial charge in [0.15, 0.2) is 5.82 Å². The molecule has 7 heteroatoms. The van der Waals surface area contributed by atoms with E-state index in [9.17, 15) is 0 Å². The molecule has 132 valence electrons. The number of aromatic nitrogens is 4. The van der Waals surface area contributed by atoms with Crippen molar-refractivity contribution in [3.63, 3.8) is 0 Å². The van der Waals surface area contributed by atoms with Crippen LogP contribution in [0.5, 0.6) is 0 Å². The zero-order chi connectivity index (χ0) is 17.1. The molecule has 0 aliphatic carbocycles. The Kier molecular flexibility index (Phi) is 5.05. The van der Waals surface area contributed by atoms with Gasteiger partial charge in [-0.2, -0.15) is 9.61 Å². The molecule has 1 atom stereocenters. The molecule has 2 aromatic heterocycles. The molecule has 0 spiro atoms. The first-order valence-electron chi connectivity index (χ1n) is 8.89. The normalized spacial score (nSPS) is 18.8. The summed E-state index contributed by atoms with van der Waals surface area (Å²) in [6.45, 7) is 5.83. The van der Waals surface area contributed by atoms with Crippen molar-refractivity contribution in [1.29, 1.82) is 0 Å². The summed E-state index contributed by atoms with van der Waals surface area (Å²) in [5.41, 5.74) is 1.35. The lowest BCUT2D eigenvalue weighted by molar-refractivity contribution is -0.0305. The Morgan fingerprint density at radius 1 is 1.24 bits per heavy atom. The molecular weight excluding hydrogens is 334 g/mol. The second kappa shape index (κ2) is 7.59. The van der Waals surface area contributed by atoms with Crippen molar-refractivity contribution in [1.82, 2.24) is 24.7 Å². The Bertz CT molecular complexity index is 815. The minimum atomic E-state index is 0.191. The van der Waals surface area contributed by atoms with Crippen LogP contribution >= 0.6 is 11.3 Å². The van der Waals surface area contributed by atoms with Crippen molar-refractivity contribution in [3.8, 4) is 0 Å². The lowest BCUT2D eigenvalue weighted by atomic mass is 10.1. The Morgan fingerprint density at radius 3 is 2.96 bits per heavy atom. The summed E-state index contributed by atoms with van der Waals surface area (Å²) in [5, 5.41) is 14.2. The van der Waals surface area contributed by atoms with Gasteiger partial charge in [-0.15, -0.1) is 10.2 Å². The fraction of sp³-hybridized carbons (Fsp3) is 0.500. The standard InChI is InChI=1S/C18H23N5OS/c1-2-6-16-19-20-18-23(16)21-17(25-18)11-15-13-22(9-10-24-15)12-14-7-4-3-5-8-14/h3-5,7-8,15H,2,6,9-13H2,1H3/t15-/m0/s1. The number of morpholine rings is 1. The second-order valence-electron chi connectivity index (χ2n) is 6.47. The number of aryl methyl sites for hydroxylation is 1. The van der Waals surface area contributed by atoms with Crippen molar-refractivity contribution in [2.24, 2.45) is 0 Å². The third-order valence-corrected chi connectivity index (χ3v) is 5.37. The summed E-state index contributed by atoms with van der Waals surface area (Å²) in [6.07, 6.45) is 2.99. The second-order valence-corrected chi connectivity index (χ2v) is 7.51. The summed E-state index contributed by atoms with van der Waals surface area (Å²) in [5.74, 6) is 0.954. The maximum absolute atomic E-state index is 5.98. The van der Waals surface area contributed by atoms with E-state index in [0.717, 1.165) is 61.3 Å². The van der Waals surface area contributed by atoms with Crippen LogP contribution in [0.4, 0.5) is 0 Å². The highest BCUT2D eigenvalue weighted by Crippen LogP contribution is 2.19. The van der Waals surface area contributed by atoms with Crippen LogP contribution in [0.15, 0.2) is 30.3 Å². The van der Waals surface area contributed by atoms with Gasteiger partial charge in [-0.3, -0.25) is 4.90 Å². The average molecular weight is 357 g/mol. The largest absolute Gasteiger partial charge is 0.375 e. The van der Waals surface area contributed by atoms with Crippen molar-refractivity contribution < 1.29 is 4.74 Å². The van der Waals surface area contributed by atoms with E-state index in [2.05, 4.69) is 52.4 Å². The van der Waals surface area contributed by atoms with Crippen molar-refractivity contribution in [2.45, 2.75) is 38.8 Å². The van der Waals surface area contributed by atoms with Gasteiger partial charge in [0.25, 0.3) is 0 Å². The minimum Gasteiger partial charge on any atom is -0.375 e. The number of benzene rings is 1. The van der Waals surface area contributed by atoms with E-state index in [1.807, 2.05) is 4.52 Å². The smallest absolute Gasteiger partial charge is 0.234 e. The zero-order valence-corrected chi connectivity index (χ0v) is 15.3. The minimum absolute atomic E-state index is 0.191. The Labute approximate surface area is 151 Å². The van der Waals surface area contributed by atoms with Crippen molar-refractivity contribution in [2.75, 3.05) is 19.7 Å². The molecule has 0 unspecified atom stereocenters. The van der Waals surface area contributed by atoms with Gasteiger partial charge in [-0.05, 0) is 12.0 Å². The van der Waals surface area contributed by atoms with E-state index in [4.69, 9.17) is 9.84 Å². The van der Waals surface area contributed by atoms with Gasteiger partial charge in [0.1, 0.15) is 5.01 Å². The van der Waals surface area contributed by atoms with Crippen molar-refractivity contribution in [3.05, 3.63) is 46.7 Å². The number of fused-ring (bicyclic) bond motifs is 1. The molecule has 0 N–H and O–H groups in total. The lowest BCUT2D eigenvalue weighted by Crippen LogP contribution is -2.42. The Balaban J connectivity index is 1.40. The number of ether oxygens (including phenoxy) is 1. The highest BCUT2D eigenvalue weighted by molar-refractivity contribution is 7.16. The molecular formula is C18H23N5OS. The molecule has 6 nitrogen and oxygen atoms in total. The van der Waals surface area contributed by atoms with Crippen LogP contribution in [-0.4, -0.2) is 50.5 Å². The van der Waals surface area contributed by atoms with Crippen LogP contribution in [0.2, 0.25) is 0 Å². The van der Waals surface area contributed by atoms with E-state index in [-0.39, 0.29) is 6.10 Å². The summed E-state index contributed by atoms with van der Waals surface area (Å²) >= 11 is 1.62. The third kappa shape index (κ3) is 3.89. The quantitative estimate of drug-likeness (QED) is 0.679. The van der Waals surface area contributed by atoms with E-state index in [1.165, 1.54) is 5.56 Å². The first-order chi connectivity index (χ1) is 12.3. The molecule has 25 heavy (non-hydrogen) atoms. The monoisotopic (exact) mass is 357 g/mol. The number of nitrogens with zero attached hydrogens (tertiary/aromatic N) is 5. The first-order valence-corrected chi connectivity index (χ1v) is 9.71. The van der Waals surface area contributed by atoms with Gasteiger partial charge in [-0.25, -0.2) is 0 Å². The van der Waals surface area contributed by atoms with Crippen LogP contribution in [0.25, 0.3) is 4.96 Å². The fourth-order valence-electron chi connectivity index (χ4n) is 3.24. The van der Waals surface area contributed by atoms with Crippen LogP contribution in [-0.2, 0) is 24.1 Å². The molecule has 0 radical (unpaired) electrons. The molecule has 1 aliphatic heterocycles. The van der Waals surface area contributed by atoms with Gasteiger partial charge in [0.2, 0.25) is 4.96 Å². The Morgan fingerprint density at radius 2 is 2.12 bits per heavy atom. The maximum atomic E-state index is 5.98. The summed E-state index contributed by atoms with van der Waals surface area (Å²) in [7, 11) is 0. The third-order valence-electron chi connectivity index (χ3n) is 4.45. The van der Waals surface area contributed by atoms with Crippen molar-refractivity contribution >= 4 is 16.3 Å². The van der Waals surface area contributed by atoms with Gasteiger partial charge in [0.05, 0.1) is 12.7 Å². The fourth-order valence-corrected chi connectivity index (χ4v) is 4.16. The molecule has 0 saturated carbocycles. The maximum Gasteiger partial charge on any atom is 0.234 e. The van der Waals surface area contributed by atoms with E-state index < -0.39 is 0 Å². The number of hydrogen-bond acceptors (Lipinski definition) is 6. The molecule has 4 rings (SSSR count). The lowest BCUT2D eigenvalue weighted by Gasteiger charge is -2.32. The molecule has 1 saturated heterocycles. The molecule has 0 bridgehead atoms. The average Bonchev–Trinajstić information content (AvgIpc) is 3.18. The van der Waals surface area contributed by atoms with Gasteiger partial charge in [-0.1, -0.05) is 48.6 Å². The summed E-state index contributed by atoms with van der Waals surface area (Å²) in [4.78, 5) is 3.35. The van der Waals surface area contributed by atoms with Crippen LogP contribution < -0.4 is 0 Å². The highest BCUT2D eigenvalue weighted by Gasteiger charge is 2.23. The van der Waals surface area contributed by atoms with Gasteiger partial charge in [0, 0.05) is 32.5 Å². The molecule has 0 amide bonds. The molecule has 3 aromatic rings.